The van der Waals surface area contributed by atoms with Crippen LogP contribution in [0.15, 0.2) is 17.4 Å². The van der Waals surface area contributed by atoms with Gasteiger partial charge in [-0.05, 0) is 0 Å². The highest BCUT2D eigenvalue weighted by Gasteiger charge is 2.51. The minimum absolute atomic E-state index is 0.156. The van der Waals surface area contributed by atoms with E-state index < -0.39 is 30.2 Å². The van der Waals surface area contributed by atoms with Crippen molar-refractivity contribution in [1.82, 2.24) is 0 Å². The van der Waals surface area contributed by atoms with E-state index in [2.05, 4.69) is 0 Å². The molecule has 0 radical (unpaired) electrons. The number of halogens is 9. The van der Waals surface area contributed by atoms with Crippen LogP contribution in [0.4, 0.5) is 39.5 Å². The fourth-order valence-electron chi connectivity index (χ4n) is 0.478. The van der Waals surface area contributed by atoms with Gasteiger partial charge in [0.05, 0.1) is 6.08 Å². The second-order valence-electron chi connectivity index (χ2n) is 2.20. The molecule has 0 aromatic carbocycles. The Morgan fingerprint density at radius 2 is 1.07 bits per heavy atom. The summed E-state index contributed by atoms with van der Waals surface area (Å²) < 4.78 is 103. The molecule has 0 amide bonds. The first-order chi connectivity index (χ1) is 6.34. The lowest BCUT2D eigenvalue weighted by molar-refractivity contribution is -0.171. The van der Waals surface area contributed by atoms with E-state index in [1.807, 2.05) is 0 Å². The van der Waals surface area contributed by atoms with Crippen LogP contribution in [0.25, 0.3) is 0 Å². The molecule has 0 spiro atoms. The molecule has 0 aliphatic heterocycles. The van der Waals surface area contributed by atoms with Gasteiger partial charge in [-0.25, -0.2) is 0 Å². The largest absolute Gasteiger partial charge is 0.428 e. The van der Waals surface area contributed by atoms with Gasteiger partial charge in [-0.1, -0.05) is 5.73 Å². The minimum Gasteiger partial charge on any atom is -0.166 e. The van der Waals surface area contributed by atoms with Gasteiger partial charge in [0.2, 0.25) is 0 Å². The molecule has 0 heterocycles. The maximum absolute atomic E-state index is 11.6. The standard InChI is InChI=1S/C6HF9/c7-4(8,9)2-1-3(5(10,11)12)6(13,14)15/h2H. The Bertz CT molecular complexity index is 263. The van der Waals surface area contributed by atoms with Crippen molar-refractivity contribution >= 4 is 0 Å². The Labute approximate surface area is 76.7 Å². The molecule has 0 atom stereocenters. The zero-order valence-corrected chi connectivity index (χ0v) is 6.48. The van der Waals surface area contributed by atoms with Crippen molar-refractivity contribution in [2.45, 2.75) is 18.5 Å². The van der Waals surface area contributed by atoms with E-state index in [0.717, 1.165) is 0 Å². The van der Waals surface area contributed by atoms with Crippen molar-refractivity contribution in [3.8, 4) is 0 Å². The fraction of sp³-hybridized carbons (Fsp3) is 0.500. The lowest BCUT2D eigenvalue weighted by Crippen LogP contribution is -2.25. The molecule has 0 aromatic heterocycles. The molecule has 0 unspecified atom stereocenters. The monoisotopic (exact) mass is 244 g/mol. The number of alkyl halides is 9. The van der Waals surface area contributed by atoms with E-state index in [-0.39, 0.29) is 5.73 Å². The molecule has 0 fully saturated rings. The van der Waals surface area contributed by atoms with Gasteiger partial charge < -0.3 is 0 Å². The average molecular weight is 244 g/mol. The number of hydrogen-bond acceptors (Lipinski definition) is 0. The van der Waals surface area contributed by atoms with Crippen LogP contribution in [0.1, 0.15) is 0 Å². The molecule has 0 saturated heterocycles. The molecule has 15 heavy (non-hydrogen) atoms. The number of rotatable bonds is 0. The molecule has 0 nitrogen and oxygen atoms in total. The first kappa shape index (κ1) is 13.9. The number of allylic oxidation sites excluding steroid dienone is 1. The molecular formula is C6HF9. The summed E-state index contributed by atoms with van der Waals surface area (Å²) in [6.07, 6.45) is -18.4. The van der Waals surface area contributed by atoms with E-state index in [1.54, 1.807) is 0 Å². The minimum atomic E-state index is -5.93. The van der Waals surface area contributed by atoms with Gasteiger partial charge in [0.15, 0.2) is 5.57 Å². The average Bonchev–Trinajstić information content (AvgIpc) is 1.75. The van der Waals surface area contributed by atoms with Crippen LogP contribution in [0.3, 0.4) is 0 Å². The Morgan fingerprint density at radius 1 is 0.733 bits per heavy atom. The summed E-state index contributed by atoms with van der Waals surface area (Å²) >= 11 is 0. The highest BCUT2D eigenvalue weighted by molar-refractivity contribution is 5.15. The molecule has 0 rings (SSSR count). The normalized spacial score (nSPS) is 13.4. The van der Waals surface area contributed by atoms with Crippen molar-refractivity contribution in [3.63, 3.8) is 0 Å². The van der Waals surface area contributed by atoms with Crippen molar-refractivity contribution in [1.29, 1.82) is 0 Å². The van der Waals surface area contributed by atoms with Gasteiger partial charge in [-0.15, -0.1) is 0 Å². The van der Waals surface area contributed by atoms with Crippen LogP contribution in [0.5, 0.6) is 0 Å². The Balaban J connectivity index is 5.44. The smallest absolute Gasteiger partial charge is 0.166 e. The molecule has 88 valence electrons. The quantitative estimate of drug-likeness (QED) is 0.449. The lowest BCUT2D eigenvalue weighted by atomic mass is 10.2. The number of hydrogen-bond donors (Lipinski definition) is 0. The summed E-state index contributed by atoms with van der Waals surface area (Å²) in [7, 11) is 0. The predicted molar refractivity (Wildman–Crippen MR) is 29.8 cm³/mol. The van der Waals surface area contributed by atoms with Gasteiger partial charge in [0.1, 0.15) is 0 Å². The third-order valence-corrected chi connectivity index (χ3v) is 0.947. The van der Waals surface area contributed by atoms with Crippen LogP contribution in [-0.2, 0) is 0 Å². The predicted octanol–water partition coefficient (Wildman–Crippen LogP) is 3.75. The molecule has 0 bridgehead atoms. The maximum Gasteiger partial charge on any atom is 0.428 e. The highest BCUT2D eigenvalue weighted by atomic mass is 19.4. The summed E-state index contributed by atoms with van der Waals surface area (Å²) in [4.78, 5) is 0. The van der Waals surface area contributed by atoms with Crippen LogP contribution in [-0.4, -0.2) is 18.5 Å². The van der Waals surface area contributed by atoms with Gasteiger partial charge in [-0.2, -0.15) is 39.5 Å². The molecule has 0 aromatic rings. The zero-order valence-electron chi connectivity index (χ0n) is 6.48. The summed E-state index contributed by atoms with van der Waals surface area (Å²) in [6, 6.07) is 0. The second-order valence-corrected chi connectivity index (χ2v) is 2.20. The van der Waals surface area contributed by atoms with Crippen molar-refractivity contribution in [2.24, 2.45) is 0 Å². The van der Waals surface area contributed by atoms with Gasteiger partial charge in [0.25, 0.3) is 0 Å². The molecular weight excluding hydrogens is 243 g/mol. The topological polar surface area (TPSA) is 0 Å². The molecule has 0 aliphatic rings. The third-order valence-electron chi connectivity index (χ3n) is 0.947. The highest BCUT2D eigenvalue weighted by Crippen LogP contribution is 2.38. The van der Waals surface area contributed by atoms with E-state index in [9.17, 15) is 39.5 Å². The van der Waals surface area contributed by atoms with E-state index in [4.69, 9.17) is 0 Å². The van der Waals surface area contributed by atoms with E-state index in [1.165, 1.54) is 0 Å². The Morgan fingerprint density at radius 3 is 1.27 bits per heavy atom. The Kier molecular flexibility index (Phi) is 3.52. The second kappa shape index (κ2) is 3.80. The summed E-state index contributed by atoms with van der Waals surface area (Å²) in [5, 5.41) is 0. The zero-order chi connectivity index (χ0) is 12.5. The summed E-state index contributed by atoms with van der Waals surface area (Å²) in [5.74, 6) is 0. The van der Waals surface area contributed by atoms with Gasteiger partial charge >= 0.3 is 18.5 Å². The fourth-order valence-corrected chi connectivity index (χ4v) is 0.478. The first-order valence-corrected chi connectivity index (χ1v) is 3.03. The Hall–Kier alpha value is -1.11. The van der Waals surface area contributed by atoms with Crippen molar-refractivity contribution in [3.05, 3.63) is 17.4 Å². The first-order valence-electron chi connectivity index (χ1n) is 3.03. The molecule has 0 aliphatic carbocycles. The summed E-state index contributed by atoms with van der Waals surface area (Å²) in [6.45, 7) is 0. The molecule has 9 heteroatoms. The summed E-state index contributed by atoms with van der Waals surface area (Å²) in [5.41, 5.74) is -3.17. The maximum atomic E-state index is 11.6. The van der Waals surface area contributed by atoms with Crippen molar-refractivity contribution in [2.75, 3.05) is 0 Å². The van der Waals surface area contributed by atoms with Gasteiger partial charge in [-0.3, -0.25) is 0 Å². The SMILES string of the molecule is FC(F)(F)C=C=C(C(F)(F)F)C(F)(F)F. The van der Waals surface area contributed by atoms with E-state index >= 15 is 0 Å². The van der Waals surface area contributed by atoms with Crippen LogP contribution >= 0.6 is 0 Å². The van der Waals surface area contributed by atoms with Gasteiger partial charge in [0, 0.05) is 0 Å². The van der Waals surface area contributed by atoms with E-state index in [0.29, 0.717) is 0 Å². The van der Waals surface area contributed by atoms with Crippen LogP contribution < -0.4 is 0 Å². The lowest BCUT2D eigenvalue weighted by Gasteiger charge is -2.12. The third kappa shape index (κ3) is 5.36. The molecule has 0 saturated carbocycles. The van der Waals surface area contributed by atoms with Crippen LogP contribution in [0, 0.1) is 0 Å². The van der Waals surface area contributed by atoms with Crippen molar-refractivity contribution < 1.29 is 39.5 Å². The van der Waals surface area contributed by atoms with Crippen LogP contribution in [0.2, 0.25) is 0 Å². The molecule has 0 N–H and O–H groups in total.